The maximum absolute atomic E-state index is 13.2. The van der Waals surface area contributed by atoms with E-state index in [9.17, 15) is 9.18 Å². The molecule has 70 valence electrons. The van der Waals surface area contributed by atoms with Crippen LogP contribution in [0.25, 0.3) is 0 Å². The topological polar surface area (TPSA) is 17.1 Å². The summed E-state index contributed by atoms with van der Waals surface area (Å²) in [5.74, 6) is -0.493. The van der Waals surface area contributed by atoms with Crippen molar-refractivity contribution in [3.63, 3.8) is 0 Å². The van der Waals surface area contributed by atoms with E-state index in [4.69, 9.17) is 0 Å². The van der Waals surface area contributed by atoms with E-state index < -0.39 is 4.83 Å². The number of hydrogen-bond acceptors (Lipinski definition) is 1. The highest BCUT2D eigenvalue weighted by molar-refractivity contribution is 9.10. The molecule has 0 aliphatic carbocycles. The molecule has 0 bridgehead atoms. The normalized spacial score (nSPS) is 12.6. The van der Waals surface area contributed by atoms with Crippen LogP contribution in [0.15, 0.2) is 22.7 Å². The summed E-state index contributed by atoms with van der Waals surface area (Å²) in [7, 11) is 0. The summed E-state index contributed by atoms with van der Waals surface area (Å²) in [6.07, 6.45) is 0. The monoisotopic (exact) mass is 308 g/mol. The molecule has 1 rings (SSSR count). The second-order valence-corrected chi connectivity index (χ2v) is 4.47. The number of halogens is 3. The maximum Gasteiger partial charge on any atom is 0.147 e. The lowest BCUT2D eigenvalue weighted by Crippen LogP contribution is -2.03. The van der Waals surface area contributed by atoms with E-state index in [0.29, 0.717) is 10.0 Å². The van der Waals surface area contributed by atoms with Gasteiger partial charge >= 0.3 is 0 Å². The quantitative estimate of drug-likeness (QED) is 0.763. The van der Waals surface area contributed by atoms with Crippen molar-refractivity contribution in [2.45, 2.75) is 11.8 Å². The zero-order chi connectivity index (χ0) is 10.0. The second-order valence-electron chi connectivity index (χ2n) is 2.64. The molecule has 0 aromatic heterocycles. The fourth-order valence-corrected chi connectivity index (χ4v) is 1.63. The van der Waals surface area contributed by atoms with Gasteiger partial charge in [0, 0.05) is 10.0 Å². The minimum Gasteiger partial charge on any atom is -0.298 e. The zero-order valence-electron chi connectivity index (χ0n) is 6.85. The number of carbonyl (C=O) groups is 1. The highest BCUT2D eigenvalue weighted by Gasteiger charge is 2.16. The lowest BCUT2D eigenvalue weighted by atomic mass is 10.1. The van der Waals surface area contributed by atoms with Gasteiger partial charge in [-0.05, 0) is 19.1 Å². The summed E-state index contributed by atoms with van der Waals surface area (Å²) in [5, 5.41) is 0. The van der Waals surface area contributed by atoms with Crippen LogP contribution in [-0.2, 0) is 4.79 Å². The predicted octanol–water partition coefficient (Wildman–Crippen LogP) is 3.61. The molecule has 0 saturated heterocycles. The van der Waals surface area contributed by atoms with Crippen LogP contribution in [0.5, 0.6) is 0 Å². The summed E-state index contributed by atoms with van der Waals surface area (Å²) in [5.41, 5.74) is 0.371. The minimum absolute atomic E-state index is 0.110. The third kappa shape index (κ3) is 2.61. The van der Waals surface area contributed by atoms with Gasteiger partial charge in [0.2, 0.25) is 0 Å². The number of carbonyl (C=O) groups excluding carboxylic acids is 1. The molecule has 0 radical (unpaired) electrons. The molecule has 13 heavy (non-hydrogen) atoms. The van der Waals surface area contributed by atoms with Crippen molar-refractivity contribution in [2.24, 2.45) is 0 Å². The molecule has 0 saturated carbocycles. The van der Waals surface area contributed by atoms with Gasteiger partial charge in [-0.1, -0.05) is 37.9 Å². The van der Waals surface area contributed by atoms with Crippen LogP contribution in [0.1, 0.15) is 17.3 Å². The molecule has 0 heterocycles. The first kappa shape index (κ1) is 10.9. The van der Waals surface area contributed by atoms with Crippen molar-refractivity contribution in [2.75, 3.05) is 0 Å². The van der Waals surface area contributed by atoms with Crippen LogP contribution in [0.3, 0.4) is 0 Å². The van der Waals surface area contributed by atoms with Gasteiger partial charge in [0.15, 0.2) is 0 Å². The van der Waals surface area contributed by atoms with Gasteiger partial charge in [0.1, 0.15) is 16.4 Å². The highest BCUT2D eigenvalue weighted by atomic mass is 79.9. The molecule has 0 N–H and O–H groups in total. The van der Waals surface area contributed by atoms with Gasteiger partial charge in [-0.3, -0.25) is 4.79 Å². The van der Waals surface area contributed by atoms with E-state index in [-0.39, 0.29) is 11.6 Å². The van der Waals surface area contributed by atoms with E-state index in [2.05, 4.69) is 31.9 Å². The van der Waals surface area contributed by atoms with Gasteiger partial charge in [-0.2, -0.15) is 0 Å². The van der Waals surface area contributed by atoms with Crippen LogP contribution in [0, 0.1) is 5.82 Å². The molecule has 1 aromatic carbocycles. The number of rotatable bonds is 2. The van der Waals surface area contributed by atoms with Crippen LogP contribution in [-0.4, -0.2) is 5.78 Å². The number of ketones is 1. The van der Waals surface area contributed by atoms with E-state index in [0.717, 1.165) is 0 Å². The molecule has 0 aliphatic rings. The molecular formula is C9H7Br2FO. The van der Waals surface area contributed by atoms with Crippen LogP contribution >= 0.6 is 31.9 Å². The smallest absolute Gasteiger partial charge is 0.147 e. The minimum atomic E-state index is -0.555. The van der Waals surface area contributed by atoms with Gasteiger partial charge in [0.05, 0.1) is 0 Å². The third-order valence-electron chi connectivity index (χ3n) is 1.59. The molecule has 0 aliphatic heterocycles. The molecule has 1 aromatic rings. The van der Waals surface area contributed by atoms with E-state index >= 15 is 0 Å². The number of Topliss-reactive ketones (excluding diaryl/α,β-unsaturated/α-hetero) is 1. The SMILES string of the molecule is CC(=O)C(Br)c1ccc(Br)cc1F. The maximum atomic E-state index is 13.2. The van der Waals surface area contributed by atoms with Gasteiger partial charge in [0.25, 0.3) is 0 Å². The van der Waals surface area contributed by atoms with Gasteiger partial charge in [-0.15, -0.1) is 0 Å². The van der Waals surface area contributed by atoms with Crippen molar-refractivity contribution in [1.29, 1.82) is 0 Å². The first-order chi connectivity index (χ1) is 6.02. The number of benzene rings is 1. The van der Waals surface area contributed by atoms with E-state index in [1.54, 1.807) is 12.1 Å². The fourth-order valence-electron chi connectivity index (χ4n) is 0.926. The van der Waals surface area contributed by atoms with E-state index in [1.165, 1.54) is 13.0 Å². The zero-order valence-corrected chi connectivity index (χ0v) is 10.0. The molecule has 1 nitrogen and oxygen atoms in total. The third-order valence-corrected chi connectivity index (χ3v) is 3.22. The summed E-state index contributed by atoms with van der Waals surface area (Å²) in [6, 6.07) is 4.63. The fraction of sp³-hybridized carbons (Fsp3) is 0.222. The number of alkyl halides is 1. The largest absolute Gasteiger partial charge is 0.298 e. The van der Waals surface area contributed by atoms with Crippen molar-refractivity contribution >= 4 is 37.6 Å². The van der Waals surface area contributed by atoms with E-state index in [1.807, 2.05) is 0 Å². The van der Waals surface area contributed by atoms with Gasteiger partial charge in [-0.25, -0.2) is 4.39 Å². The summed E-state index contributed by atoms with van der Waals surface area (Å²) in [6.45, 7) is 1.42. The highest BCUT2D eigenvalue weighted by Crippen LogP contribution is 2.27. The molecule has 4 heteroatoms. The average molecular weight is 310 g/mol. The molecule has 0 fully saturated rings. The Bertz CT molecular complexity index is 338. The Hall–Kier alpha value is -0.220. The summed E-state index contributed by atoms with van der Waals surface area (Å²) < 4.78 is 13.9. The second kappa shape index (κ2) is 4.33. The van der Waals surface area contributed by atoms with Crippen LogP contribution < -0.4 is 0 Å². The standard InChI is InChI=1S/C9H7Br2FO/c1-5(13)9(11)7-3-2-6(10)4-8(7)12/h2-4,9H,1H3. The summed E-state index contributed by atoms with van der Waals surface area (Å²) in [4.78, 5) is 10.4. The lowest BCUT2D eigenvalue weighted by molar-refractivity contribution is -0.116. The Kier molecular flexibility index (Phi) is 3.62. The first-order valence-electron chi connectivity index (χ1n) is 3.62. The Morgan fingerprint density at radius 1 is 1.54 bits per heavy atom. The Morgan fingerprint density at radius 2 is 2.15 bits per heavy atom. The van der Waals surface area contributed by atoms with Crippen LogP contribution in [0.4, 0.5) is 4.39 Å². The molecule has 0 amide bonds. The van der Waals surface area contributed by atoms with Gasteiger partial charge < -0.3 is 0 Å². The Balaban J connectivity index is 3.08. The Morgan fingerprint density at radius 3 is 2.62 bits per heavy atom. The van der Waals surface area contributed by atoms with Crippen molar-refractivity contribution in [3.8, 4) is 0 Å². The van der Waals surface area contributed by atoms with Crippen molar-refractivity contribution in [3.05, 3.63) is 34.1 Å². The van der Waals surface area contributed by atoms with Crippen molar-refractivity contribution in [1.82, 2.24) is 0 Å². The number of hydrogen-bond donors (Lipinski definition) is 0. The average Bonchev–Trinajstić information content (AvgIpc) is 2.03. The Labute approximate surface area is 92.6 Å². The molecule has 1 unspecified atom stereocenters. The molecule has 1 atom stereocenters. The van der Waals surface area contributed by atoms with Crippen molar-refractivity contribution < 1.29 is 9.18 Å². The predicted molar refractivity (Wildman–Crippen MR) is 56.4 cm³/mol. The molecular weight excluding hydrogens is 303 g/mol. The lowest BCUT2D eigenvalue weighted by Gasteiger charge is -2.07. The molecule has 0 spiro atoms. The van der Waals surface area contributed by atoms with Crippen LogP contribution in [0.2, 0.25) is 0 Å². The first-order valence-corrected chi connectivity index (χ1v) is 5.32. The summed E-state index contributed by atoms with van der Waals surface area (Å²) >= 11 is 6.26.